The third-order valence-corrected chi connectivity index (χ3v) is 6.01. The van der Waals surface area contributed by atoms with Crippen LogP contribution in [0.4, 0.5) is 4.79 Å². The maximum atomic E-state index is 13.0. The van der Waals surface area contributed by atoms with Crippen molar-refractivity contribution in [2.24, 2.45) is 0 Å². The molecule has 1 spiro atoms. The summed E-state index contributed by atoms with van der Waals surface area (Å²) in [5.74, 6) is -0.308. The van der Waals surface area contributed by atoms with Gasteiger partial charge in [0.25, 0.3) is 11.8 Å². The summed E-state index contributed by atoms with van der Waals surface area (Å²) in [4.78, 5) is 47.6. The lowest BCUT2D eigenvalue weighted by atomic mass is 9.85. The van der Waals surface area contributed by atoms with Crippen LogP contribution in [-0.2, 0) is 11.3 Å². The summed E-state index contributed by atoms with van der Waals surface area (Å²) >= 11 is 0. The third-order valence-electron chi connectivity index (χ3n) is 6.01. The predicted octanol–water partition coefficient (Wildman–Crippen LogP) is 2.46. The number of amides is 4. The number of hydrogen-bond donors (Lipinski definition) is 0. The van der Waals surface area contributed by atoms with Gasteiger partial charge in [0.1, 0.15) is 11.2 Å². The Morgan fingerprint density at radius 3 is 2.41 bits per heavy atom. The van der Waals surface area contributed by atoms with Gasteiger partial charge in [0.2, 0.25) is 0 Å². The molecule has 2 aliphatic heterocycles. The summed E-state index contributed by atoms with van der Waals surface area (Å²) in [7, 11) is 1.53. The molecule has 0 N–H and O–H groups in total. The molecule has 0 aliphatic carbocycles. The molecular formula is C22H24N4O3. The lowest BCUT2D eigenvalue weighted by molar-refractivity contribution is -0.134. The van der Waals surface area contributed by atoms with Gasteiger partial charge in [-0.05, 0) is 37.0 Å². The lowest BCUT2D eigenvalue weighted by Crippen LogP contribution is -2.57. The first kappa shape index (κ1) is 19.1. The van der Waals surface area contributed by atoms with Gasteiger partial charge in [-0.3, -0.25) is 19.5 Å². The summed E-state index contributed by atoms with van der Waals surface area (Å²) in [5.41, 5.74) is 1.36. The molecule has 1 aromatic heterocycles. The molecule has 2 aromatic rings. The number of rotatable bonds is 3. The Kier molecular flexibility index (Phi) is 4.82. The fourth-order valence-corrected chi connectivity index (χ4v) is 4.29. The lowest BCUT2D eigenvalue weighted by Gasteiger charge is -2.42. The van der Waals surface area contributed by atoms with Gasteiger partial charge in [0.15, 0.2) is 0 Å². The number of carbonyl (C=O) groups is 3. The smallest absolute Gasteiger partial charge is 0.327 e. The highest BCUT2D eigenvalue weighted by atomic mass is 16.2. The van der Waals surface area contributed by atoms with Gasteiger partial charge in [-0.2, -0.15) is 0 Å². The number of imide groups is 1. The number of aryl methyl sites for hydroxylation is 1. The largest absolute Gasteiger partial charge is 0.337 e. The quantitative estimate of drug-likeness (QED) is 0.752. The van der Waals surface area contributed by atoms with E-state index in [0.717, 1.165) is 11.1 Å². The Labute approximate surface area is 169 Å². The minimum atomic E-state index is -0.891. The minimum Gasteiger partial charge on any atom is -0.337 e. The number of piperidine rings is 1. The van der Waals surface area contributed by atoms with E-state index in [4.69, 9.17) is 0 Å². The maximum Gasteiger partial charge on any atom is 0.327 e. The molecule has 0 saturated carbocycles. The topological polar surface area (TPSA) is 73.8 Å². The molecule has 4 rings (SSSR count). The second-order valence-corrected chi connectivity index (χ2v) is 7.71. The van der Waals surface area contributed by atoms with Crippen LogP contribution in [0, 0.1) is 6.92 Å². The van der Waals surface area contributed by atoms with Gasteiger partial charge in [0.05, 0.1) is 0 Å². The van der Waals surface area contributed by atoms with Gasteiger partial charge in [-0.1, -0.05) is 36.4 Å². The van der Waals surface area contributed by atoms with E-state index < -0.39 is 5.54 Å². The summed E-state index contributed by atoms with van der Waals surface area (Å²) in [6.45, 7) is 3.06. The van der Waals surface area contributed by atoms with Crippen molar-refractivity contribution in [3.63, 3.8) is 0 Å². The van der Waals surface area contributed by atoms with Crippen molar-refractivity contribution in [1.29, 1.82) is 0 Å². The van der Waals surface area contributed by atoms with Gasteiger partial charge in [0, 0.05) is 32.9 Å². The number of aromatic nitrogens is 1. The average molecular weight is 392 g/mol. The fraction of sp³-hybridized carbons (Fsp3) is 0.364. The molecule has 2 saturated heterocycles. The molecule has 0 atom stereocenters. The molecule has 0 unspecified atom stereocenters. The van der Waals surface area contributed by atoms with Crippen molar-refractivity contribution in [2.75, 3.05) is 20.1 Å². The van der Waals surface area contributed by atoms with E-state index in [1.165, 1.54) is 11.9 Å². The Hall–Kier alpha value is -3.22. The molecule has 29 heavy (non-hydrogen) atoms. The number of carbonyl (C=O) groups excluding carboxylic acids is 3. The number of benzene rings is 1. The van der Waals surface area contributed by atoms with E-state index in [1.54, 1.807) is 22.1 Å². The molecule has 3 heterocycles. The van der Waals surface area contributed by atoms with Crippen LogP contribution < -0.4 is 0 Å². The van der Waals surface area contributed by atoms with E-state index in [-0.39, 0.29) is 17.8 Å². The van der Waals surface area contributed by atoms with Crippen molar-refractivity contribution >= 4 is 17.8 Å². The Balaban J connectivity index is 1.56. The first-order valence-electron chi connectivity index (χ1n) is 9.78. The van der Waals surface area contributed by atoms with Crippen LogP contribution in [0.1, 0.15) is 34.5 Å². The number of hydrogen-bond acceptors (Lipinski definition) is 4. The molecular weight excluding hydrogens is 368 g/mol. The SMILES string of the molecule is Cc1cccnc1C(=O)N1CCC2(CC1)C(=O)N(C)C(=O)N2Cc1ccccc1. The first-order chi connectivity index (χ1) is 13.9. The molecule has 7 nitrogen and oxygen atoms in total. The number of likely N-dealkylation sites (tertiary alicyclic amines) is 1. The van der Waals surface area contributed by atoms with Crippen molar-refractivity contribution in [3.8, 4) is 0 Å². The Bertz CT molecular complexity index is 952. The molecule has 150 valence electrons. The zero-order valence-electron chi connectivity index (χ0n) is 16.7. The van der Waals surface area contributed by atoms with Crippen LogP contribution in [0.3, 0.4) is 0 Å². The van der Waals surface area contributed by atoms with Gasteiger partial charge >= 0.3 is 6.03 Å². The molecule has 1 aromatic carbocycles. The van der Waals surface area contributed by atoms with E-state index in [9.17, 15) is 14.4 Å². The zero-order valence-corrected chi connectivity index (χ0v) is 16.7. The van der Waals surface area contributed by atoms with Crippen LogP contribution >= 0.6 is 0 Å². The van der Waals surface area contributed by atoms with Gasteiger partial charge in [-0.15, -0.1) is 0 Å². The number of likely N-dealkylation sites (N-methyl/N-ethyl adjacent to an activating group) is 1. The molecule has 0 radical (unpaired) electrons. The molecule has 2 aliphatic rings. The van der Waals surface area contributed by atoms with Crippen LogP contribution in [0.2, 0.25) is 0 Å². The summed E-state index contributed by atoms with van der Waals surface area (Å²) in [6, 6.07) is 13.1. The number of nitrogens with zero attached hydrogens (tertiary/aromatic N) is 4. The van der Waals surface area contributed by atoms with E-state index in [1.807, 2.05) is 43.3 Å². The highest BCUT2D eigenvalue weighted by molar-refractivity contribution is 6.07. The molecule has 2 fully saturated rings. The normalized spacial score (nSPS) is 18.6. The summed E-state index contributed by atoms with van der Waals surface area (Å²) < 4.78 is 0. The number of urea groups is 1. The Morgan fingerprint density at radius 1 is 1.07 bits per heavy atom. The van der Waals surface area contributed by atoms with E-state index in [0.29, 0.717) is 38.2 Å². The standard InChI is InChI=1S/C22H24N4O3/c1-16-7-6-12-23-18(16)19(27)25-13-10-22(11-14-25)20(28)24(2)21(29)26(22)15-17-8-4-3-5-9-17/h3-9,12H,10-11,13-15H2,1-2H3. The molecule has 0 bridgehead atoms. The van der Waals surface area contributed by atoms with Crippen molar-refractivity contribution in [3.05, 3.63) is 65.5 Å². The fourth-order valence-electron chi connectivity index (χ4n) is 4.29. The van der Waals surface area contributed by atoms with Crippen molar-refractivity contribution in [1.82, 2.24) is 19.7 Å². The number of pyridine rings is 1. The van der Waals surface area contributed by atoms with E-state index >= 15 is 0 Å². The monoisotopic (exact) mass is 392 g/mol. The highest BCUT2D eigenvalue weighted by Gasteiger charge is 2.57. The summed E-state index contributed by atoms with van der Waals surface area (Å²) in [5, 5.41) is 0. The first-order valence-corrected chi connectivity index (χ1v) is 9.78. The van der Waals surface area contributed by atoms with Crippen LogP contribution in [0.15, 0.2) is 48.7 Å². The second-order valence-electron chi connectivity index (χ2n) is 7.71. The predicted molar refractivity (Wildman–Crippen MR) is 107 cm³/mol. The summed E-state index contributed by atoms with van der Waals surface area (Å²) in [6.07, 6.45) is 2.46. The minimum absolute atomic E-state index is 0.127. The second kappa shape index (κ2) is 7.31. The van der Waals surface area contributed by atoms with Gasteiger partial charge < -0.3 is 9.80 Å². The van der Waals surface area contributed by atoms with Crippen LogP contribution in [-0.4, -0.2) is 63.2 Å². The molecule has 4 amide bonds. The van der Waals surface area contributed by atoms with Gasteiger partial charge in [-0.25, -0.2) is 4.79 Å². The van der Waals surface area contributed by atoms with Crippen molar-refractivity contribution < 1.29 is 14.4 Å². The highest BCUT2D eigenvalue weighted by Crippen LogP contribution is 2.38. The van der Waals surface area contributed by atoms with Crippen molar-refractivity contribution in [2.45, 2.75) is 31.8 Å². The average Bonchev–Trinajstić information content (AvgIpc) is 2.91. The Morgan fingerprint density at radius 2 is 1.76 bits per heavy atom. The maximum absolute atomic E-state index is 13.0. The molecule has 7 heteroatoms. The van der Waals surface area contributed by atoms with E-state index in [2.05, 4.69) is 4.98 Å². The van der Waals surface area contributed by atoms with Crippen LogP contribution in [0.25, 0.3) is 0 Å². The zero-order chi connectivity index (χ0) is 20.6. The third kappa shape index (κ3) is 3.16. The van der Waals surface area contributed by atoms with Crippen LogP contribution in [0.5, 0.6) is 0 Å².